The van der Waals surface area contributed by atoms with Crippen molar-refractivity contribution in [1.82, 2.24) is 15.6 Å². The zero-order valence-corrected chi connectivity index (χ0v) is 20.6. The maximum absolute atomic E-state index is 5.50. The van der Waals surface area contributed by atoms with Gasteiger partial charge in [0.1, 0.15) is 11.6 Å². The molecule has 0 aromatic carbocycles. The van der Waals surface area contributed by atoms with E-state index in [1.165, 1.54) is 0 Å². The minimum absolute atomic E-state index is 0. The molecule has 1 atom stereocenters. The van der Waals surface area contributed by atoms with Crippen molar-refractivity contribution in [2.75, 3.05) is 44.3 Å². The molecule has 0 spiro atoms. The lowest BCUT2D eigenvalue weighted by Crippen LogP contribution is -2.49. The summed E-state index contributed by atoms with van der Waals surface area (Å²) in [4.78, 5) is 11.9. The smallest absolute Gasteiger partial charge is 0.191 e. The molecule has 0 saturated carbocycles. The molecule has 2 aromatic rings. The third kappa shape index (κ3) is 7.38. The van der Waals surface area contributed by atoms with Gasteiger partial charge >= 0.3 is 0 Å². The number of anilines is 1. The summed E-state index contributed by atoms with van der Waals surface area (Å²) >= 11 is 0. The van der Waals surface area contributed by atoms with E-state index in [4.69, 9.17) is 14.1 Å². The fourth-order valence-corrected chi connectivity index (χ4v) is 4.01. The van der Waals surface area contributed by atoms with Gasteiger partial charge in [-0.2, -0.15) is 0 Å². The van der Waals surface area contributed by atoms with Crippen LogP contribution in [0, 0.1) is 12.8 Å². The molecule has 2 N–H and O–H groups in total. The number of aliphatic imine (C=N–C) groups is 1. The van der Waals surface area contributed by atoms with Crippen LogP contribution in [-0.4, -0.2) is 56.4 Å². The maximum atomic E-state index is 5.50. The van der Waals surface area contributed by atoms with Crippen LogP contribution in [0.5, 0.6) is 0 Å². The second-order valence-electron chi connectivity index (χ2n) is 8.22. The normalized spacial score (nSPS) is 19.8. The van der Waals surface area contributed by atoms with Crippen molar-refractivity contribution in [3.8, 4) is 0 Å². The van der Waals surface area contributed by atoms with E-state index in [9.17, 15) is 0 Å². The standard InChI is InChI=1S/C23H33N5O2.HI/c1-18-4-2-6-22(26-18)28-12-8-20(9-13-28)27-23(25-16-19-10-15-29-17-19)24-11-7-21-5-3-14-30-21;/h2-6,14,19-20H,7-13,15-17H2,1H3,(H2,24,25,27);1H. The quantitative estimate of drug-likeness (QED) is 0.320. The Morgan fingerprint density at radius 1 is 1.19 bits per heavy atom. The van der Waals surface area contributed by atoms with Crippen LogP contribution in [0.25, 0.3) is 0 Å². The molecule has 2 aliphatic heterocycles. The SMILES string of the molecule is Cc1cccc(N2CCC(NC(=NCC3CCOC3)NCCc3ccco3)CC2)n1.I. The van der Waals surface area contributed by atoms with Gasteiger partial charge in [-0.05, 0) is 50.5 Å². The Kier molecular flexibility index (Phi) is 9.45. The molecule has 0 bridgehead atoms. The average Bonchev–Trinajstić information content (AvgIpc) is 3.47. The summed E-state index contributed by atoms with van der Waals surface area (Å²) in [6, 6.07) is 10.6. The van der Waals surface area contributed by atoms with Gasteiger partial charge in [-0.25, -0.2) is 4.98 Å². The lowest BCUT2D eigenvalue weighted by molar-refractivity contribution is 0.187. The highest BCUT2D eigenvalue weighted by molar-refractivity contribution is 14.0. The zero-order chi connectivity index (χ0) is 20.6. The van der Waals surface area contributed by atoms with Crippen molar-refractivity contribution < 1.29 is 9.15 Å². The molecule has 2 aliphatic rings. The molecule has 2 aromatic heterocycles. The molecule has 0 amide bonds. The van der Waals surface area contributed by atoms with E-state index in [1.54, 1.807) is 6.26 Å². The number of nitrogens with zero attached hydrogens (tertiary/aromatic N) is 3. The van der Waals surface area contributed by atoms with Crippen LogP contribution in [0.15, 0.2) is 46.0 Å². The largest absolute Gasteiger partial charge is 0.469 e. The number of hydrogen-bond acceptors (Lipinski definition) is 5. The second kappa shape index (κ2) is 12.3. The van der Waals surface area contributed by atoms with Gasteiger partial charge < -0.3 is 24.7 Å². The summed E-state index contributed by atoms with van der Waals surface area (Å²) in [7, 11) is 0. The van der Waals surface area contributed by atoms with E-state index < -0.39 is 0 Å². The van der Waals surface area contributed by atoms with Gasteiger partial charge in [-0.15, -0.1) is 24.0 Å². The van der Waals surface area contributed by atoms with Gasteiger partial charge in [0.25, 0.3) is 0 Å². The number of nitrogens with one attached hydrogen (secondary N) is 2. The van der Waals surface area contributed by atoms with Gasteiger partial charge in [-0.1, -0.05) is 6.07 Å². The first-order chi connectivity index (χ1) is 14.8. The molecule has 4 rings (SSSR count). The number of rotatable bonds is 7. The van der Waals surface area contributed by atoms with Crippen LogP contribution >= 0.6 is 24.0 Å². The minimum atomic E-state index is 0. The number of furan rings is 1. The van der Waals surface area contributed by atoms with Crippen LogP contribution in [-0.2, 0) is 11.2 Å². The Labute approximate surface area is 202 Å². The highest BCUT2D eigenvalue weighted by atomic mass is 127. The summed E-state index contributed by atoms with van der Waals surface area (Å²) in [5.41, 5.74) is 1.07. The summed E-state index contributed by atoms with van der Waals surface area (Å²) in [5.74, 6) is 3.51. The molecular formula is C23H34IN5O2. The van der Waals surface area contributed by atoms with Crippen LogP contribution in [0.4, 0.5) is 5.82 Å². The molecule has 7 nitrogen and oxygen atoms in total. The van der Waals surface area contributed by atoms with Gasteiger partial charge in [0, 0.05) is 56.9 Å². The highest BCUT2D eigenvalue weighted by Gasteiger charge is 2.21. The van der Waals surface area contributed by atoms with Crippen molar-refractivity contribution in [1.29, 1.82) is 0 Å². The molecule has 1 unspecified atom stereocenters. The summed E-state index contributed by atoms with van der Waals surface area (Å²) in [6.07, 6.45) is 5.81. The third-order valence-electron chi connectivity index (χ3n) is 5.81. The van der Waals surface area contributed by atoms with Crippen molar-refractivity contribution >= 4 is 35.8 Å². The average molecular weight is 539 g/mol. The summed E-state index contributed by atoms with van der Waals surface area (Å²) in [6.45, 7) is 7.35. The Morgan fingerprint density at radius 2 is 2.06 bits per heavy atom. The molecule has 4 heterocycles. The highest BCUT2D eigenvalue weighted by Crippen LogP contribution is 2.18. The van der Waals surface area contributed by atoms with Crippen LogP contribution in [0.1, 0.15) is 30.7 Å². The van der Waals surface area contributed by atoms with E-state index in [0.29, 0.717) is 12.0 Å². The van der Waals surface area contributed by atoms with Crippen molar-refractivity contribution in [2.45, 2.75) is 38.6 Å². The number of piperidine rings is 1. The first kappa shape index (κ1) is 23.8. The molecule has 2 saturated heterocycles. The zero-order valence-electron chi connectivity index (χ0n) is 18.3. The molecule has 0 radical (unpaired) electrons. The van der Waals surface area contributed by atoms with E-state index in [-0.39, 0.29) is 24.0 Å². The monoisotopic (exact) mass is 539 g/mol. The molecular weight excluding hydrogens is 505 g/mol. The van der Waals surface area contributed by atoms with E-state index in [1.807, 2.05) is 25.1 Å². The fraction of sp³-hybridized carbons (Fsp3) is 0.565. The van der Waals surface area contributed by atoms with Crippen molar-refractivity contribution in [3.05, 3.63) is 48.0 Å². The first-order valence-electron chi connectivity index (χ1n) is 11.1. The van der Waals surface area contributed by atoms with Gasteiger partial charge in [0.2, 0.25) is 0 Å². The molecule has 2 fully saturated rings. The minimum Gasteiger partial charge on any atom is -0.469 e. The summed E-state index contributed by atoms with van der Waals surface area (Å²) in [5, 5.41) is 7.16. The number of aromatic nitrogens is 1. The maximum Gasteiger partial charge on any atom is 0.191 e. The van der Waals surface area contributed by atoms with Crippen molar-refractivity contribution in [3.63, 3.8) is 0 Å². The van der Waals surface area contributed by atoms with Crippen LogP contribution < -0.4 is 15.5 Å². The second-order valence-corrected chi connectivity index (χ2v) is 8.22. The van der Waals surface area contributed by atoms with E-state index in [0.717, 1.165) is 88.3 Å². The number of ether oxygens (including phenoxy) is 1. The lowest BCUT2D eigenvalue weighted by atomic mass is 10.1. The Hall–Kier alpha value is -1.81. The molecule has 0 aliphatic carbocycles. The Balaban J connectivity index is 0.00000272. The predicted octanol–water partition coefficient (Wildman–Crippen LogP) is 3.38. The molecule has 170 valence electrons. The lowest BCUT2D eigenvalue weighted by Gasteiger charge is -2.34. The summed E-state index contributed by atoms with van der Waals surface area (Å²) < 4.78 is 10.9. The molecule has 31 heavy (non-hydrogen) atoms. The van der Waals surface area contributed by atoms with E-state index in [2.05, 4.69) is 32.7 Å². The Morgan fingerprint density at radius 3 is 2.77 bits per heavy atom. The van der Waals surface area contributed by atoms with E-state index >= 15 is 0 Å². The van der Waals surface area contributed by atoms with Gasteiger partial charge in [0.05, 0.1) is 12.9 Å². The third-order valence-corrected chi connectivity index (χ3v) is 5.81. The Bertz CT molecular complexity index is 800. The first-order valence-corrected chi connectivity index (χ1v) is 11.1. The number of pyridine rings is 1. The van der Waals surface area contributed by atoms with Crippen LogP contribution in [0.3, 0.4) is 0 Å². The number of guanidine groups is 1. The van der Waals surface area contributed by atoms with Gasteiger partial charge in [-0.3, -0.25) is 4.99 Å². The van der Waals surface area contributed by atoms with Crippen LogP contribution in [0.2, 0.25) is 0 Å². The van der Waals surface area contributed by atoms with Crippen molar-refractivity contribution in [2.24, 2.45) is 10.9 Å². The number of hydrogen-bond donors (Lipinski definition) is 2. The molecule has 8 heteroatoms. The predicted molar refractivity (Wildman–Crippen MR) is 134 cm³/mol. The fourth-order valence-electron chi connectivity index (χ4n) is 4.01. The number of halogens is 1. The van der Waals surface area contributed by atoms with Gasteiger partial charge in [0.15, 0.2) is 5.96 Å². The topological polar surface area (TPSA) is 74.9 Å². The number of aryl methyl sites for hydroxylation is 1.